The lowest BCUT2D eigenvalue weighted by atomic mass is 10.1. The van der Waals surface area contributed by atoms with Crippen molar-refractivity contribution in [3.05, 3.63) is 41.7 Å². The van der Waals surface area contributed by atoms with E-state index in [1.807, 2.05) is 13.0 Å². The Morgan fingerprint density at radius 1 is 1.24 bits per heavy atom. The van der Waals surface area contributed by atoms with Crippen LogP contribution in [0.25, 0.3) is 0 Å². The third-order valence-electron chi connectivity index (χ3n) is 2.88. The summed E-state index contributed by atoms with van der Waals surface area (Å²) in [6, 6.07) is 8.37. The first-order valence-corrected chi connectivity index (χ1v) is 6.13. The summed E-state index contributed by atoms with van der Waals surface area (Å²) in [5.41, 5.74) is 3.51. The molecule has 0 atom stereocenters. The minimum absolute atomic E-state index is 0.922. The highest BCUT2D eigenvalue weighted by atomic mass is 15.2. The molecule has 0 bridgehead atoms. The van der Waals surface area contributed by atoms with Gasteiger partial charge in [0.1, 0.15) is 0 Å². The second-order valence-corrected chi connectivity index (χ2v) is 4.13. The molecule has 90 valence electrons. The van der Waals surface area contributed by atoms with Crippen molar-refractivity contribution in [1.29, 1.82) is 0 Å². The monoisotopic (exact) mass is 229 g/mol. The van der Waals surface area contributed by atoms with E-state index in [9.17, 15) is 0 Å². The van der Waals surface area contributed by atoms with Crippen LogP contribution in [0.2, 0.25) is 0 Å². The average molecular weight is 229 g/mol. The normalized spacial score (nSPS) is 10.5. The predicted molar refractivity (Wildman–Crippen MR) is 71.7 cm³/mol. The van der Waals surface area contributed by atoms with Crippen LogP contribution in [0.5, 0.6) is 0 Å². The number of imidazole rings is 1. The number of para-hydroxylation sites is 1. The van der Waals surface area contributed by atoms with Crippen LogP contribution in [0.3, 0.4) is 0 Å². The van der Waals surface area contributed by atoms with Crippen LogP contribution < -0.4 is 5.32 Å². The lowest BCUT2D eigenvalue weighted by Crippen LogP contribution is -2.03. The third-order valence-corrected chi connectivity index (χ3v) is 2.88. The Morgan fingerprint density at radius 2 is 2.00 bits per heavy atom. The molecule has 2 rings (SSSR count). The number of anilines is 2. The number of benzene rings is 1. The summed E-state index contributed by atoms with van der Waals surface area (Å²) < 4.78 is 2.13. The van der Waals surface area contributed by atoms with E-state index in [1.54, 1.807) is 0 Å². The van der Waals surface area contributed by atoms with Crippen molar-refractivity contribution in [3.8, 4) is 0 Å². The molecule has 0 spiro atoms. The maximum Gasteiger partial charge on any atom is 0.207 e. The van der Waals surface area contributed by atoms with Gasteiger partial charge in [-0.25, -0.2) is 4.98 Å². The molecule has 3 heteroatoms. The van der Waals surface area contributed by atoms with Gasteiger partial charge in [0.15, 0.2) is 0 Å². The Kier molecular flexibility index (Phi) is 3.47. The van der Waals surface area contributed by atoms with Gasteiger partial charge in [0.2, 0.25) is 5.95 Å². The summed E-state index contributed by atoms with van der Waals surface area (Å²) in [7, 11) is 0. The van der Waals surface area contributed by atoms with E-state index in [0.29, 0.717) is 0 Å². The fourth-order valence-corrected chi connectivity index (χ4v) is 1.96. The average Bonchev–Trinajstić information content (AvgIpc) is 2.70. The van der Waals surface area contributed by atoms with Crippen LogP contribution in [0.1, 0.15) is 25.1 Å². The molecule has 1 aromatic carbocycles. The summed E-state index contributed by atoms with van der Waals surface area (Å²) >= 11 is 0. The number of hydrogen-bond acceptors (Lipinski definition) is 2. The number of hydrogen-bond donors (Lipinski definition) is 1. The molecular weight excluding hydrogens is 210 g/mol. The third kappa shape index (κ3) is 2.49. The number of aryl methyl sites for hydroxylation is 3. The summed E-state index contributed by atoms with van der Waals surface area (Å²) in [5.74, 6) is 0.922. The Labute approximate surface area is 103 Å². The fourth-order valence-electron chi connectivity index (χ4n) is 1.96. The van der Waals surface area contributed by atoms with Crippen molar-refractivity contribution in [2.24, 2.45) is 0 Å². The lowest BCUT2D eigenvalue weighted by Gasteiger charge is -2.11. The molecule has 0 fully saturated rings. The van der Waals surface area contributed by atoms with E-state index in [1.165, 1.54) is 5.56 Å². The fraction of sp³-hybridized carbons (Fsp3) is 0.357. The summed E-state index contributed by atoms with van der Waals surface area (Å²) in [4.78, 5) is 4.50. The molecule has 0 radical (unpaired) electrons. The van der Waals surface area contributed by atoms with E-state index in [2.05, 4.69) is 53.1 Å². The van der Waals surface area contributed by atoms with Crippen molar-refractivity contribution >= 4 is 11.6 Å². The molecule has 0 aliphatic rings. The van der Waals surface area contributed by atoms with E-state index in [4.69, 9.17) is 0 Å². The van der Waals surface area contributed by atoms with E-state index in [0.717, 1.165) is 30.3 Å². The molecule has 3 nitrogen and oxygen atoms in total. The van der Waals surface area contributed by atoms with Gasteiger partial charge in [-0.3, -0.25) is 0 Å². The number of nitrogens with one attached hydrogen (secondary N) is 1. The van der Waals surface area contributed by atoms with Crippen molar-refractivity contribution in [2.75, 3.05) is 5.32 Å². The largest absolute Gasteiger partial charge is 0.325 e. The summed E-state index contributed by atoms with van der Waals surface area (Å²) in [5, 5.41) is 3.42. The van der Waals surface area contributed by atoms with Gasteiger partial charge in [0.05, 0.1) is 5.69 Å². The molecule has 0 aliphatic carbocycles. The Balaban J connectivity index is 2.30. The molecule has 1 heterocycles. The van der Waals surface area contributed by atoms with Crippen LogP contribution >= 0.6 is 0 Å². The summed E-state index contributed by atoms with van der Waals surface area (Å²) in [6.07, 6.45) is 3.09. The summed E-state index contributed by atoms with van der Waals surface area (Å²) in [6.45, 7) is 7.23. The molecule has 2 aromatic rings. The second kappa shape index (κ2) is 5.04. The van der Waals surface area contributed by atoms with E-state index in [-0.39, 0.29) is 0 Å². The molecule has 0 saturated carbocycles. The van der Waals surface area contributed by atoms with Crippen LogP contribution in [0, 0.1) is 6.92 Å². The zero-order valence-corrected chi connectivity index (χ0v) is 10.7. The van der Waals surface area contributed by atoms with E-state index >= 15 is 0 Å². The van der Waals surface area contributed by atoms with Gasteiger partial charge < -0.3 is 9.88 Å². The van der Waals surface area contributed by atoms with Crippen LogP contribution in [-0.4, -0.2) is 9.55 Å². The molecule has 17 heavy (non-hydrogen) atoms. The highest BCUT2D eigenvalue weighted by molar-refractivity contribution is 5.59. The molecule has 1 N–H and O–H groups in total. The number of rotatable bonds is 4. The van der Waals surface area contributed by atoms with Gasteiger partial charge in [0.25, 0.3) is 0 Å². The highest BCUT2D eigenvalue weighted by Gasteiger charge is 2.06. The molecule has 1 aromatic heterocycles. The van der Waals surface area contributed by atoms with Crippen molar-refractivity contribution < 1.29 is 0 Å². The molecule has 0 saturated heterocycles. The maximum absolute atomic E-state index is 4.50. The lowest BCUT2D eigenvalue weighted by molar-refractivity contribution is 0.771. The number of nitrogens with zero attached hydrogens (tertiary/aromatic N) is 2. The minimum Gasteiger partial charge on any atom is -0.325 e. The van der Waals surface area contributed by atoms with Crippen LogP contribution in [0.4, 0.5) is 11.6 Å². The molecule has 0 amide bonds. The SMILES string of the molecule is CCc1ccccc1Nc1nc(C)cn1CC. The quantitative estimate of drug-likeness (QED) is 0.869. The Morgan fingerprint density at radius 3 is 2.71 bits per heavy atom. The predicted octanol–water partition coefficient (Wildman–Crippen LogP) is 3.52. The zero-order chi connectivity index (χ0) is 12.3. The molecule has 0 aliphatic heterocycles. The Bertz CT molecular complexity index is 500. The first kappa shape index (κ1) is 11.7. The first-order valence-electron chi connectivity index (χ1n) is 6.13. The topological polar surface area (TPSA) is 29.9 Å². The van der Waals surface area contributed by atoms with Crippen molar-refractivity contribution in [2.45, 2.75) is 33.7 Å². The smallest absolute Gasteiger partial charge is 0.207 e. The van der Waals surface area contributed by atoms with Gasteiger partial charge in [-0.1, -0.05) is 25.1 Å². The zero-order valence-electron chi connectivity index (χ0n) is 10.7. The van der Waals surface area contributed by atoms with Crippen molar-refractivity contribution in [1.82, 2.24) is 9.55 Å². The van der Waals surface area contributed by atoms with Gasteiger partial charge >= 0.3 is 0 Å². The molecular formula is C14H19N3. The van der Waals surface area contributed by atoms with Gasteiger partial charge in [-0.05, 0) is 31.9 Å². The standard InChI is InChI=1S/C14H19N3/c1-4-12-8-6-7-9-13(12)16-14-15-11(3)10-17(14)5-2/h6-10H,4-5H2,1-3H3,(H,15,16). The van der Waals surface area contributed by atoms with Gasteiger partial charge in [0, 0.05) is 18.4 Å². The Hall–Kier alpha value is -1.77. The first-order chi connectivity index (χ1) is 8.24. The van der Waals surface area contributed by atoms with Crippen LogP contribution in [-0.2, 0) is 13.0 Å². The maximum atomic E-state index is 4.50. The van der Waals surface area contributed by atoms with Crippen LogP contribution in [0.15, 0.2) is 30.5 Å². The second-order valence-electron chi connectivity index (χ2n) is 4.13. The van der Waals surface area contributed by atoms with Crippen molar-refractivity contribution in [3.63, 3.8) is 0 Å². The van der Waals surface area contributed by atoms with Gasteiger partial charge in [-0.2, -0.15) is 0 Å². The van der Waals surface area contributed by atoms with E-state index < -0.39 is 0 Å². The van der Waals surface area contributed by atoms with Gasteiger partial charge in [-0.15, -0.1) is 0 Å². The number of aromatic nitrogens is 2. The minimum atomic E-state index is 0.922. The molecule has 0 unspecified atom stereocenters. The highest BCUT2D eigenvalue weighted by Crippen LogP contribution is 2.20.